The van der Waals surface area contributed by atoms with Crippen molar-refractivity contribution >= 4 is 68.4 Å². The zero-order chi connectivity index (χ0) is 14.7. The Morgan fingerprint density at radius 1 is 1.50 bits per heavy atom. The van der Waals surface area contributed by atoms with E-state index < -0.39 is 0 Å². The lowest BCUT2D eigenvalue weighted by Gasteiger charge is -2.15. The smallest absolute Gasteiger partial charge is 0.241 e. The van der Waals surface area contributed by atoms with Crippen LogP contribution in [-0.2, 0) is 9.59 Å². The zero-order valence-electron chi connectivity index (χ0n) is 10.8. The van der Waals surface area contributed by atoms with E-state index in [-0.39, 0.29) is 23.5 Å². The van der Waals surface area contributed by atoms with E-state index in [1.165, 1.54) is 16.7 Å². The fourth-order valence-electron chi connectivity index (χ4n) is 1.76. The van der Waals surface area contributed by atoms with Crippen molar-refractivity contribution in [1.82, 2.24) is 4.90 Å². The van der Waals surface area contributed by atoms with Gasteiger partial charge in [0.25, 0.3) is 0 Å². The monoisotopic (exact) mass is 420 g/mol. The molecule has 1 fully saturated rings. The van der Waals surface area contributed by atoms with Crippen molar-refractivity contribution in [3.05, 3.63) is 27.8 Å². The Morgan fingerprint density at radius 3 is 2.80 bits per heavy atom. The molecule has 2 rings (SSSR count). The molecule has 20 heavy (non-hydrogen) atoms. The van der Waals surface area contributed by atoms with Crippen LogP contribution in [0.15, 0.2) is 24.3 Å². The highest BCUT2D eigenvalue weighted by Gasteiger charge is 2.33. The topological polar surface area (TPSA) is 49.4 Å². The molecule has 1 heterocycles. The van der Waals surface area contributed by atoms with Crippen LogP contribution in [-0.4, -0.2) is 32.8 Å². The minimum atomic E-state index is -0.138. The number of thioether (sulfide) groups is 1. The molecule has 1 N–H and O–H groups in total. The number of benzene rings is 1. The molecule has 0 radical (unpaired) electrons. The number of nitrogens with one attached hydrogen (secondary N) is 1. The number of carbonyl (C=O) groups is 2. The number of para-hydroxylation sites is 1. The van der Waals surface area contributed by atoms with Gasteiger partial charge in [-0.25, -0.2) is 0 Å². The SMILES string of the molecule is CC1SC(=S)N(CCC(=O)Nc2ccccc2I)C1=O. The van der Waals surface area contributed by atoms with E-state index in [0.717, 1.165) is 9.26 Å². The normalized spacial score (nSPS) is 18.5. The van der Waals surface area contributed by atoms with E-state index in [4.69, 9.17) is 12.2 Å². The van der Waals surface area contributed by atoms with Crippen molar-refractivity contribution in [3.63, 3.8) is 0 Å². The summed E-state index contributed by atoms with van der Waals surface area (Å²) in [6.45, 7) is 2.16. The third-order valence-corrected chi connectivity index (χ3v) is 5.25. The van der Waals surface area contributed by atoms with Gasteiger partial charge in [-0.2, -0.15) is 0 Å². The molecular weight excluding hydrogens is 407 g/mol. The van der Waals surface area contributed by atoms with Gasteiger partial charge in [-0.05, 0) is 41.6 Å². The average molecular weight is 420 g/mol. The molecule has 1 saturated heterocycles. The second-order valence-corrected chi connectivity index (χ2v) is 7.43. The molecular formula is C13H13IN2O2S2. The van der Waals surface area contributed by atoms with Crippen LogP contribution in [0.3, 0.4) is 0 Å². The summed E-state index contributed by atoms with van der Waals surface area (Å²) in [5, 5.41) is 2.70. The number of amides is 2. The summed E-state index contributed by atoms with van der Waals surface area (Å²) in [5.74, 6) is -0.128. The lowest BCUT2D eigenvalue weighted by Crippen LogP contribution is -2.33. The van der Waals surface area contributed by atoms with Gasteiger partial charge in [-0.3, -0.25) is 14.5 Å². The molecule has 1 unspecified atom stereocenters. The number of halogens is 1. The summed E-state index contributed by atoms with van der Waals surface area (Å²) >= 11 is 8.67. The van der Waals surface area contributed by atoms with E-state index >= 15 is 0 Å². The Kier molecular flexibility index (Phi) is 5.39. The maximum absolute atomic E-state index is 11.9. The summed E-state index contributed by atoms with van der Waals surface area (Å²) in [7, 11) is 0. The van der Waals surface area contributed by atoms with E-state index in [1.807, 2.05) is 31.2 Å². The molecule has 0 aromatic heterocycles. The molecule has 0 saturated carbocycles. The van der Waals surface area contributed by atoms with Crippen molar-refractivity contribution in [1.29, 1.82) is 0 Å². The highest BCUT2D eigenvalue weighted by atomic mass is 127. The highest BCUT2D eigenvalue weighted by molar-refractivity contribution is 14.1. The predicted octanol–water partition coefficient (Wildman–Crippen LogP) is 2.87. The Bertz CT molecular complexity index is 565. The van der Waals surface area contributed by atoms with E-state index in [0.29, 0.717) is 10.9 Å². The molecule has 7 heteroatoms. The molecule has 1 aromatic rings. The van der Waals surface area contributed by atoms with Gasteiger partial charge in [0.1, 0.15) is 4.32 Å². The fraction of sp³-hybridized carbons (Fsp3) is 0.308. The Morgan fingerprint density at radius 2 is 2.20 bits per heavy atom. The first-order valence-electron chi connectivity index (χ1n) is 6.05. The Balaban J connectivity index is 1.89. The number of hydrogen-bond acceptors (Lipinski definition) is 4. The van der Waals surface area contributed by atoms with Crippen molar-refractivity contribution in [2.24, 2.45) is 0 Å². The third kappa shape index (κ3) is 3.70. The number of thiocarbonyl (C=S) groups is 1. The summed E-state index contributed by atoms with van der Waals surface area (Å²) < 4.78 is 1.54. The second kappa shape index (κ2) is 6.86. The Labute approximate surface area is 140 Å². The molecule has 1 aromatic carbocycles. The maximum Gasteiger partial charge on any atom is 0.241 e. The molecule has 0 spiro atoms. The third-order valence-electron chi connectivity index (χ3n) is 2.82. The molecule has 106 valence electrons. The zero-order valence-corrected chi connectivity index (χ0v) is 14.5. The van der Waals surface area contributed by atoms with Crippen LogP contribution in [0.4, 0.5) is 5.69 Å². The van der Waals surface area contributed by atoms with Gasteiger partial charge in [0.15, 0.2) is 0 Å². The first kappa shape index (κ1) is 15.7. The number of anilines is 1. The molecule has 2 amide bonds. The highest BCUT2D eigenvalue weighted by Crippen LogP contribution is 2.26. The number of nitrogens with zero attached hydrogens (tertiary/aromatic N) is 1. The van der Waals surface area contributed by atoms with Crippen LogP contribution < -0.4 is 5.32 Å². The largest absolute Gasteiger partial charge is 0.325 e. The van der Waals surface area contributed by atoms with E-state index in [9.17, 15) is 9.59 Å². The van der Waals surface area contributed by atoms with Crippen molar-refractivity contribution in [2.45, 2.75) is 18.6 Å². The van der Waals surface area contributed by atoms with Crippen molar-refractivity contribution < 1.29 is 9.59 Å². The summed E-state index contributed by atoms with van der Waals surface area (Å²) in [5.41, 5.74) is 0.788. The molecule has 4 nitrogen and oxygen atoms in total. The molecule has 1 atom stereocenters. The van der Waals surface area contributed by atoms with Gasteiger partial charge >= 0.3 is 0 Å². The van der Waals surface area contributed by atoms with E-state index in [1.54, 1.807) is 0 Å². The van der Waals surface area contributed by atoms with Gasteiger partial charge in [0.2, 0.25) is 11.8 Å². The van der Waals surface area contributed by atoms with Crippen molar-refractivity contribution in [3.8, 4) is 0 Å². The van der Waals surface area contributed by atoms with Crippen LogP contribution in [0.1, 0.15) is 13.3 Å². The average Bonchev–Trinajstić information content (AvgIpc) is 2.64. The van der Waals surface area contributed by atoms with Gasteiger partial charge in [-0.1, -0.05) is 36.1 Å². The fourth-order valence-corrected chi connectivity index (χ4v) is 3.74. The van der Waals surface area contributed by atoms with Crippen molar-refractivity contribution in [2.75, 3.05) is 11.9 Å². The summed E-state index contributed by atoms with van der Waals surface area (Å²) in [6, 6.07) is 7.56. The van der Waals surface area contributed by atoms with Crippen LogP contribution in [0.2, 0.25) is 0 Å². The lowest BCUT2D eigenvalue weighted by atomic mass is 10.3. The summed E-state index contributed by atoms with van der Waals surface area (Å²) in [4.78, 5) is 25.3. The number of carbonyl (C=O) groups excluding carboxylic acids is 2. The predicted molar refractivity (Wildman–Crippen MR) is 93.8 cm³/mol. The first-order chi connectivity index (χ1) is 9.49. The van der Waals surface area contributed by atoms with E-state index in [2.05, 4.69) is 27.9 Å². The minimum absolute atomic E-state index is 0.0120. The van der Waals surface area contributed by atoms with Crippen LogP contribution in [0.5, 0.6) is 0 Å². The van der Waals surface area contributed by atoms with Crippen LogP contribution in [0.25, 0.3) is 0 Å². The van der Waals surface area contributed by atoms with Gasteiger partial charge < -0.3 is 5.32 Å². The van der Waals surface area contributed by atoms with Gasteiger partial charge in [-0.15, -0.1) is 0 Å². The molecule has 1 aliphatic rings. The standard InChI is InChI=1S/C13H13IN2O2S2/c1-8-12(18)16(13(19)20-8)7-6-11(17)15-10-5-3-2-4-9(10)14/h2-5,8H,6-7H2,1H3,(H,15,17). The van der Waals surface area contributed by atoms with Crippen LogP contribution >= 0.6 is 46.6 Å². The molecule has 1 aliphatic heterocycles. The molecule has 0 bridgehead atoms. The first-order valence-corrected chi connectivity index (χ1v) is 8.42. The van der Waals surface area contributed by atoms with Gasteiger partial charge in [0.05, 0.1) is 10.9 Å². The molecule has 0 aliphatic carbocycles. The lowest BCUT2D eigenvalue weighted by molar-refractivity contribution is -0.126. The quantitative estimate of drug-likeness (QED) is 0.602. The van der Waals surface area contributed by atoms with Gasteiger partial charge in [0, 0.05) is 16.5 Å². The number of hydrogen-bond donors (Lipinski definition) is 1. The summed E-state index contributed by atoms with van der Waals surface area (Å²) in [6.07, 6.45) is 0.240. The second-order valence-electron chi connectivity index (χ2n) is 4.29. The maximum atomic E-state index is 11.9. The Hall–Kier alpha value is -0.670. The van der Waals surface area contributed by atoms with Crippen LogP contribution in [0, 0.1) is 3.57 Å². The minimum Gasteiger partial charge on any atom is -0.325 e. The number of rotatable bonds is 4.